The van der Waals surface area contributed by atoms with Crippen LogP contribution in [0, 0.1) is 0 Å². The van der Waals surface area contributed by atoms with Crippen molar-refractivity contribution >= 4 is 17.4 Å². The molecule has 0 spiro atoms. The van der Waals surface area contributed by atoms with E-state index in [1.54, 1.807) is 12.1 Å². The van der Waals surface area contributed by atoms with Gasteiger partial charge in [0.05, 0.1) is 5.56 Å². The van der Waals surface area contributed by atoms with Gasteiger partial charge in [0.25, 0.3) is 0 Å². The van der Waals surface area contributed by atoms with Crippen molar-refractivity contribution < 1.29 is 27.5 Å². The number of halogens is 3. The zero-order valence-electron chi connectivity index (χ0n) is 14.1. The predicted octanol–water partition coefficient (Wildman–Crippen LogP) is 4.71. The van der Waals surface area contributed by atoms with E-state index in [9.17, 15) is 22.8 Å². The number of rotatable bonds is 7. The molecule has 26 heavy (non-hydrogen) atoms. The number of ketones is 1. The number of benzene rings is 2. The van der Waals surface area contributed by atoms with Crippen LogP contribution in [0.15, 0.2) is 48.5 Å². The van der Waals surface area contributed by atoms with Gasteiger partial charge in [0.15, 0.2) is 12.4 Å². The first-order valence-electron chi connectivity index (χ1n) is 8.03. The minimum atomic E-state index is -4.56. The van der Waals surface area contributed by atoms with Gasteiger partial charge in [-0.15, -0.1) is 0 Å². The number of hydrogen-bond acceptors (Lipinski definition) is 3. The van der Waals surface area contributed by atoms with Gasteiger partial charge in [-0.1, -0.05) is 19.1 Å². The van der Waals surface area contributed by atoms with Gasteiger partial charge >= 0.3 is 6.18 Å². The van der Waals surface area contributed by atoms with Gasteiger partial charge in [-0.25, -0.2) is 0 Å². The van der Waals surface area contributed by atoms with Crippen LogP contribution in [0.5, 0.6) is 5.75 Å². The molecule has 1 amide bonds. The fourth-order valence-electron chi connectivity index (χ4n) is 2.24. The Morgan fingerprint density at radius 1 is 1.04 bits per heavy atom. The van der Waals surface area contributed by atoms with Crippen molar-refractivity contribution in [2.75, 3.05) is 11.9 Å². The Hall–Kier alpha value is -2.83. The lowest BCUT2D eigenvalue weighted by Crippen LogP contribution is -2.15. The van der Waals surface area contributed by atoms with Crippen molar-refractivity contribution in [2.24, 2.45) is 0 Å². The molecule has 0 radical (unpaired) electrons. The maximum Gasteiger partial charge on any atom is 0.419 e. The molecule has 0 aromatic heterocycles. The van der Waals surface area contributed by atoms with Crippen LogP contribution in [0.3, 0.4) is 0 Å². The first kappa shape index (κ1) is 19.5. The van der Waals surface area contributed by atoms with Crippen molar-refractivity contribution in [1.82, 2.24) is 0 Å². The van der Waals surface area contributed by atoms with E-state index in [0.717, 1.165) is 12.5 Å². The monoisotopic (exact) mass is 365 g/mol. The SMILES string of the molecule is CCCC(=O)Nc1ccc(C(=O)COc2ccccc2C(F)(F)F)cc1. The number of para-hydroxylation sites is 1. The summed E-state index contributed by atoms with van der Waals surface area (Å²) in [6.07, 6.45) is -3.44. The molecule has 1 N–H and O–H groups in total. The van der Waals surface area contributed by atoms with E-state index in [2.05, 4.69) is 5.32 Å². The van der Waals surface area contributed by atoms with Gasteiger partial charge in [0.1, 0.15) is 5.75 Å². The lowest BCUT2D eigenvalue weighted by atomic mass is 10.1. The van der Waals surface area contributed by atoms with Crippen molar-refractivity contribution in [1.29, 1.82) is 0 Å². The number of Topliss-reactive ketones (excluding diaryl/α,β-unsaturated/α-hetero) is 1. The number of anilines is 1. The molecular formula is C19H18F3NO3. The molecule has 0 aliphatic carbocycles. The topological polar surface area (TPSA) is 55.4 Å². The summed E-state index contributed by atoms with van der Waals surface area (Å²) in [4.78, 5) is 23.6. The summed E-state index contributed by atoms with van der Waals surface area (Å²) < 4.78 is 43.8. The molecule has 0 heterocycles. The first-order chi connectivity index (χ1) is 12.3. The summed E-state index contributed by atoms with van der Waals surface area (Å²) in [7, 11) is 0. The molecule has 0 aliphatic heterocycles. The summed E-state index contributed by atoms with van der Waals surface area (Å²) in [5.74, 6) is -0.983. The van der Waals surface area contributed by atoms with E-state index >= 15 is 0 Å². The third-order valence-electron chi connectivity index (χ3n) is 3.52. The number of carbonyl (C=O) groups excluding carboxylic acids is 2. The fourth-order valence-corrected chi connectivity index (χ4v) is 2.24. The Morgan fingerprint density at radius 2 is 1.69 bits per heavy atom. The number of nitrogens with one attached hydrogen (secondary N) is 1. The second kappa shape index (κ2) is 8.51. The normalized spacial score (nSPS) is 11.1. The quantitative estimate of drug-likeness (QED) is 0.723. The highest BCUT2D eigenvalue weighted by Crippen LogP contribution is 2.35. The maximum absolute atomic E-state index is 12.9. The number of alkyl halides is 3. The molecule has 7 heteroatoms. The van der Waals surface area contributed by atoms with Crippen LogP contribution in [0.2, 0.25) is 0 Å². The van der Waals surface area contributed by atoms with E-state index < -0.39 is 29.9 Å². The number of ether oxygens (including phenoxy) is 1. The van der Waals surface area contributed by atoms with Crippen molar-refractivity contribution in [3.8, 4) is 5.75 Å². The molecule has 0 unspecified atom stereocenters. The fraction of sp³-hybridized carbons (Fsp3) is 0.263. The van der Waals surface area contributed by atoms with E-state index in [-0.39, 0.29) is 11.5 Å². The summed E-state index contributed by atoms with van der Waals surface area (Å²) in [6, 6.07) is 10.8. The van der Waals surface area contributed by atoms with Gasteiger partial charge in [-0.05, 0) is 42.8 Å². The Morgan fingerprint density at radius 3 is 2.31 bits per heavy atom. The van der Waals surface area contributed by atoms with E-state index in [1.807, 2.05) is 6.92 Å². The van der Waals surface area contributed by atoms with Crippen LogP contribution in [0.4, 0.5) is 18.9 Å². The standard InChI is InChI=1S/C19H18F3NO3/c1-2-5-18(25)23-14-10-8-13(9-11-14)16(24)12-26-17-7-4-3-6-15(17)19(20,21)22/h3-4,6-11H,2,5,12H2,1H3,(H,23,25). The molecule has 0 fully saturated rings. The Kier molecular flexibility index (Phi) is 6.38. The van der Waals surface area contributed by atoms with Gasteiger partial charge in [0.2, 0.25) is 5.91 Å². The number of amides is 1. The Balaban J connectivity index is 2.00. The zero-order valence-corrected chi connectivity index (χ0v) is 14.1. The highest BCUT2D eigenvalue weighted by molar-refractivity contribution is 5.98. The summed E-state index contributed by atoms with van der Waals surface area (Å²) in [5.41, 5.74) is -0.104. The predicted molar refractivity (Wildman–Crippen MR) is 91.2 cm³/mol. The van der Waals surface area contributed by atoms with Crippen LogP contribution in [-0.4, -0.2) is 18.3 Å². The second-order valence-corrected chi connectivity index (χ2v) is 5.58. The largest absolute Gasteiger partial charge is 0.485 e. The summed E-state index contributed by atoms with van der Waals surface area (Å²) >= 11 is 0. The maximum atomic E-state index is 12.9. The highest BCUT2D eigenvalue weighted by Gasteiger charge is 2.34. The number of carbonyl (C=O) groups is 2. The molecule has 138 valence electrons. The lowest BCUT2D eigenvalue weighted by molar-refractivity contribution is -0.138. The van der Waals surface area contributed by atoms with Gasteiger partial charge < -0.3 is 10.1 Å². The average Bonchev–Trinajstić information content (AvgIpc) is 2.60. The van der Waals surface area contributed by atoms with E-state index in [4.69, 9.17) is 4.74 Å². The van der Waals surface area contributed by atoms with Crippen LogP contribution >= 0.6 is 0 Å². The highest BCUT2D eigenvalue weighted by atomic mass is 19.4. The molecule has 0 atom stereocenters. The molecule has 0 saturated carbocycles. The number of hydrogen-bond donors (Lipinski definition) is 1. The molecular weight excluding hydrogens is 347 g/mol. The van der Waals surface area contributed by atoms with Crippen LogP contribution in [-0.2, 0) is 11.0 Å². The van der Waals surface area contributed by atoms with Crippen LogP contribution < -0.4 is 10.1 Å². The molecule has 4 nitrogen and oxygen atoms in total. The average molecular weight is 365 g/mol. The van der Waals surface area contributed by atoms with E-state index in [1.165, 1.54) is 30.3 Å². The van der Waals surface area contributed by atoms with Crippen LogP contribution in [0.25, 0.3) is 0 Å². The molecule has 2 rings (SSSR count). The van der Waals surface area contributed by atoms with Gasteiger partial charge in [-0.3, -0.25) is 9.59 Å². The zero-order chi connectivity index (χ0) is 19.2. The Bertz CT molecular complexity index is 770. The molecule has 0 saturated heterocycles. The van der Waals surface area contributed by atoms with Crippen LogP contribution in [0.1, 0.15) is 35.7 Å². The molecule has 0 aliphatic rings. The third kappa shape index (κ3) is 5.34. The smallest absolute Gasteiger partial charge is 0.419 e. The summed E-state index contributed by atoms with van der Waals surface area (Å²) in [5, 5.41) is 2.68. The van der Waals surface area contributed by atoms with Crippen molar-refractivity contribution in [3.63, 3.8) is 0 Å². The second-order valence-electron chi connectivity index (χ2n) is 5.58. The van der Waals surface area contributed by atoms with E-state index in [0.29, 0.717) is 12.1 Å². The molecule has 2 aromatic carbocycles. The first-order valence-corrected chi connectivity index (χ1v) is 8.03. The van der Waals surface area contributed by atoms with Crippen molar-refractivity contribution in [2.45, 2.75) is 25.9 Å². The minimum absolute atomic E-state index is 0.126. The van der Waals surface area contributed by atoms with Gasteiger partial charge in [0, 0.05) is 17.7 Å². The third-order valence-corrected chi connectivity index (χ3v) is 3.52. The molecule has 0 bridgehead atoms. The summed E-state index contributed by atoms with van der Waals surface area (Å²) in [6.45, 7) is 1.37. The van der Waals surface area contributed by atoms with Crippen molar-refractivity contribution in [3.05, 3.63) is 59.7 Å². The Labute approximate surface area is 149 Å². The molecule has 2 aromatic rings. The lowest BCUT2D eigenvalue weighted by Gasteiger charge is -2.13. The minimum Gasteiger partial charge on any atom is -0.485 e. The van der Waals surface area contributed by atoms with Gasteiger partial charge in [-0.2, -0.15) is 13.2 Å².